The van der Waals surface area contributed by atoms with Gasteiger partial charge >= 0.3 is 0 Å². The molecule has 20 heavy (non-hydrogen) atoms. The first-order valence-corrected chi connectivity index (χ1v) is 7.75. The Hall–Kier alpha value is -1.35. The van der Waals surface area contributed by atoms with Crippen molar-refractivity contribution in [1.29, 1.82) is 0 Å². The summed E-state index contributed by atoms with van der Waals surface area (Å²) in [6.45, 7) is 3.18. The molecular weight excluding hydrogens is 248 g/mol. The summed E-state index contributed by atoms with van der Waals surface area (Å²) in [5, 5.41) is 6.27. The number of benzene rings is 1. The molecule has 1 fully saturated rings. The van der Waals surface area contributed by atoms with Crippen molar-refractivity contribution in [3.05, 3.63) is 35.4 Å². The average Bonchev–Trinajstić information content (AvgIpc) is 2.53. The number of hydrogen-bond donors (Lipinski definition) is 2. The van der Waals surface area contributed by atoms with Crippen molar-refractivity contribution in [2.75, 3.05) is 7.05 Å². The molecule has 1 aliphatic carbocycles. The van der Waals surface area contributed by atoms with Gasteiger partial charge < -0.3 is 10.6 Å². The summed E-state index contributed by atoms with van der Waals surface area (Å²) in [6, 6.07) is 8.42. The highest BCUT2D eigenvalue weighted by Gasteiger charge is 2.19. The molecule has 0 radical (unpaired) electrons. The van der Waals surface area contributed by atoms with E-state index in [0.29, 0.717) is 6.04 Å². The minimum absolute atomic E-state index is 0.0277. The molecule has 3 heteroatoms. The highest BCUT2D eigenvalue weighted by molar-refractivity contribution is 5.93. The minimum atomic E-state index is -0.0277. The third-order valence-electron chi connectivity index (χ3n) is 4.43. The van der Waals surface area contributed by atoms with Crippen LogP contribution in [0.15, 0.2) is 24.3 Å². The van der Waals surface area contributed by atoms with Crippen LogP contribution in [0.5, 0.6) is 0 Å². The van der Waals surface area contributed by atoms with Gasteiger partial charge in [0, 0.05) is 25.2 Å². The number of carbonyl (C=O) groups excluding carboxylic acids is 1. The third kappa shape index (κ3) is 4.07. The largest absolute Gasteiger partial charge is 0.355 e. The predicted molar refractivity (Wildman–Crippen MR) is 82.7 cm³/mol. The van der Waals surface area contributed by atoms with Gasteiger partial charge in [-0.1, -0.05) is 31.4 Å². The van der Waals surface area contributed by atoms with Crippen LogP contribution < -0.4 is 10.6 Å². The van der Waals surface area contributed by atoms with Crippen molar-refractivity contribution in [2.24, 2.45) is 5.92 Å². The topological polar surface area (TPSA) is 41.1 Å². The SMILES string of the molecule is CNC(=O)c1ccc(CN[C@@H](C)C2CCCCC2)cc1. The summed E-state index contributed by atoms with van der Waals surface area (Å²) >= 11 is 0. The van der Waals surface area contributed by atoms with E-state index in [2.05, 4.69) is 17.6 Å². The van der Waals surface area contributed by atoms with Gasteiger partial charge in [0.15, 0.2) is 0 Å². The molecule has 0 aliphatic heterocycles. The maximum Gasteiger partial charge on any atom is 0.251 e. The van der Waals surface area contributed by atoms with Crippen molar-refractivity contribution < 1.29 is 4.79 Å². The molecule has 0 spiro atoms. The Bertz CT molecular complexity index is 421. The zero-order chi connectivity index (χ0) is 14.4. The van der Waals surface area contributed by atoms with Gasteiger partial charge in [-0.05, 0) is 43.4 Å². The van der Waals surface area contributed by atoms with Crippen LogP contribution >= 0.6 is 0 Å². The smallest absolute Gasteiger partial charge is 0.251 e. The molecule has 1 aromatic carbocycles. The van der Waals surface area contributed by atoms with Gasteiger partial charge in [-0.2, -0.15) is 0 Å². The zero-order valence-electron chi connectivity index (χ0n) is 12.6. The number of rotatable bonds is 5. The summed E-state index contributed by atoms with van der Waals surface area (Å²) in [4.78, 5) is 11.5. The Morgan fingerprint density at radius 3 is 2.45 bits per heavy atom. The molecular formula is C17H26N2O. The monoisotopic (exact) mass is 274 g/mol. The molecule has 1 saturated carbocycles. The van der Waals surface area contributed by atoms with Crippen LogP contribution in [0, 0.1) is 5.92 Å². The lowest BCUT2D eigenvalue weighted by Gasteiger charge is -2.28. The number of amides is 1. The van der Waals surface area contributed by atoms with Gasteiger partial charge in [-0.3, -0.25) is 4.79 Å². The second-order valence-electron chi connectivity index (χ2n) is 5.84. The molecule has 1 amide bonds. The predicted octanol–water partition coefficient (Wildman–Crippen LogP) is 3.10. The summed E-state index contributed by atoms with van der Waals surface area (Å²) in [5.74, 6) is 0.800. The van der Waals surface area contributed by atoms with Crippen LogP contribution in [0.3, 0.4) is 0 Å². The van der Waals surface area contributed by atoms with Gasteiger partial charge in [-0.25, -0.2) is 0 Å². The Balaban J connectivity index is 1.82. The fourth-order valence-corrected chi connectivity index (χ4v) is 3.00. The first kappa shape index (κ1) is 15.0. The molecule has 2 rings (SSSR count). The molecule has 0 unspecified atom stereocenters. The maximum atomic E-state index is 11.5. The number of hydrogen-bond acceptors (Lipinski definition) is 2. The van der Waals surface area contributed by atoms with E-state index in [1.807, 2.05) is 24.3 Å². The Labute approximate surface area is 122 Å². The van der Waals surface area contributed by atoms with E-state index in [1.54, 1.807) is 7.05 Å². The Morgan fingerprint density at radius 1 is 1.20 bits per heavy atom. The first-order chi connectivity index (χ1) is 9.70. The molecule has 0 bridgehead atoms. The molecule has 2 N–H and O–H groups in total. The van der Waals surface area contributed by atoms with Crippen molar-refractivity contribution in [3.63, 3.8) is 0 Å². The van der Waals surface area contributed by atoms with E-state index in [-0.39, 0.29) is 5.91 Å². The van der Waals surface area contributed by atoms with Crippen molar-refractivity contribution in [3.8, 4) is 0 Å². The Morgan fingerprint density at radius 2 is 1.85 bits per heavy atom. The fourth-order valence-electron chi connectivity index (χ4n) is 3.00. The average molecular weight is 274 g/mol. The van der Waals surface area contributed by atoms with Crippen molar-refractivity contribution >= 4 is 5.91 Å². The van der Waals surface area contributed by atoms with Gasteiger partial charge in [0.2, 0.25) is 0 Å². The molecule has 110 valence electrons. The van der Waals surface area contributed by atoms with E-state index in [0.717, 1.165) is 18.0 Å². The molecule has 1 atom stereocenters. The number of nitrogens with one attached hydrogen (secondary N) is 2. The van der Waals surface area contributed by atoms with E-state index < -0.39 is 0 Å². The maximum absolute atomic E-state index is 11.5. The van der Waals surface area contributed by atoms with Crippen LogP contribution in [0.25, 0.3) is 0 Å². The van der Waals surface area contributed by atoms with E-state index >= 15 is 0 Å². The summed E-state index contributed by atoms with van der Waals surface area (Å²) < 4.78 is 0. The van der Waals surface area contributed by atoms with Crippen molar-refractivity contribution in [1.82, 2.24) is 10.6 Å². The molecule has 1 aromatic rings. The lowest BCUT2D eigenvalue weighted by atomic mass is 9.84. The van der Waals surface area contributed by atoms with E-state index in [9.17, 15) is 4.79 Å². The lowest BCUT2D eigenvalue weighted by molar-refractivity contribution is 0.0963. The van der Waals surface area contributed by atoms with Crippen LogP contribution in [0.2, 0.25) is 0 Å². The van der Waals surface area contributed by atoms with Gasteiger partial charge in [0.25, 0.3) is 5.91 Å². The first-order valence-electron chi connectivity index (χ1n) is 7.75. The third-order valence-corrected chi connectivity index (χ3v) is 4.43. The van der Waals surface area contributed by atoms with E-state index in [1.165, 1.54) is 37.7 Å². The molecule has 3 nitrogen and oxygen atoms in total. The number of carbonyl (C=O) groups is 1. The zero-order valence-corrected chi connectivity index (χ0v) is 12.6. The summed E-state index contributed by atoms with van der Waals surface area (Å²) in [5.41, 5.74) is 1.96. The summed E-state index contributed by atoms with van der Waals surface area (Å²) in [7, 11) is 1.66. The van der Waals surface area contributed by atoms with Gasteiger partial charge in [0.1, 0.15) is 0 Å². The quantitative estimate of drug-likeness (QED) is 0.866. The van der Waals surface area contributed by atoms with Gasteiger partial charge in [-0.15, -0.1) is 0 Å². The minimum Gasteiger partial charge on any atom is -0.355 e. The van der Waals surface area contributed by atoms with Gasteiger partial charge in [0.05, 0.1) is 0 Å². The molecule has 0 aromatic heterocycles. The molecule has 0 heterocycles. The fraction of sp³-hybridized carbons (Fsp3) is 0.588. The molecule has 0 saturated heterocycles. The standard InChI is InChI=1S/C17H26N2O/c1-13(15-6-4-3-5-7-15)19-12-14-8-10-16(11-9-14)17(20)18-2/h8-11,13,15,19H,3-7,12H2,1-2H3,(H,18,20)/t13-/m0/s1. The van der Waals surface area contributed by atoms with Crippen LogP contribution in [-0.4, -0.2) is 19.0 Å². The van der Waals surface area contributed by atoms with Crippen LogP contribution in [0.1, 0.15) is 54.9 Å². The Kier molecular flexibility index (Phi) is 5.60. The summed E-state index contributed by atoms with van der Waals surface area (Å²) in [6.07, 6.45) is 6.91. The second kappa shape index (κ2) is 7.44. The molecule has 1 aliphatic rings. The van der Waals surface area contributed by atoms with Crippen LogP contribution in [0.4, 0.5) is 0 Å². The second-order valence-corrected chi connectivity index (χ2v) is 5.84. The highest BCUT2D eigenvalue weighted by Crippen LogP contribution is 2.26. The van der Waals surface area contributed by atoms with Crippen LogP contribution in [-0.2, 0) is 6.54 Å². The normalized spacial score (nSPS) is 17.7. The van der Waals surface area contributed by atoms with Crippen molar-refractivity contribution in [2.45, 2.75) is 51.6 Å². The highest BCUT2D eigenvalue weighted by atomic mass is 16.1. The van der Waals surface area contributed by atoms with E-state index in [4.69, 9.17) is 0 Å². The lowest BCUT2D eigenvalue weighted by Crippen LogP contribution is -2.34.